The maximum absolute atomic E-state index is 13.8. The van der Waals surface area contributed by atoms with Gasteiger partial charge in [0.2, 0.25) is 0 Å². The van der Waals surface area contributed by atoms with E-state index in [1.165, 1.54) is 50.8 Å². The van der Waals surface area contributed by atoms with E-state index in [0.717, 1.165) is 74.2 Å². The number of hydrogen-bond acceptors (Lipinski definition) is 5. The first kappa shape index (κ1) is 30.5. The fraction of sp³-hybridized carbons (Fsp3) is 0.629. The van der Waals surface area contributed by atoms with Gasteiger partial charge in [0.05, 0.1) is 12.1 Å². The van der Waals surface area contributed by atoms with Crippen molar-refractivity contribution >= 4 is 17.4 Å². The number of ether oxygens (including phenoxy) is 1. The predicted molar refractivity (Wildman–Crippen MR) is 169 cm³/mol. The summed E-state index contributed by atoms with van der Waals surface area (Å²) in [5.74, 6) is 1.09. The lowest BCUT2D eigenvalue weighted by Gasteiger charge is -2.42. The zero-order valence-corrected chi connectivity index (χ0v) is 26.0. The average molecular weight is 580 g/mol. The Morgan fingerprint density at radius 3 is 2.56 bits per heavy atom. The van der Waals surface area contributed by atoms with E-state index in [0.29, 0.717) is 6.42 Å². The summed E-state index contributed by atoms with van der Waals surface area (Å²) in [5.41, 5.74) is 2.24. The highest BCUT2D eigenvalue weighted by molar-refractivity contribution is 6.30. The fourth-order valence-electron chi connectivity index (χ4n) is 7.44. The van der Waals surface area contributed by atoms with Crippen molar-refractivity contribution in [1.82, 2.24) is 15.1 Å². The summed E-state index contributed by atoms with van der Waals surface area (Å²) >= 11 is 6.55. The molecule has 2 heterocycles. The van der Waals surface area contributed by atoms with E-state index >= 15 is 0 Å². The van der Waals surface area contributed by atoms with Crippen LogP contribution >= 0.6 is 11.6 Å². The zero-order valence-electron chi connectivity index (χ0n) is 25.3. The lowest BCUT2D eigenvalue weighted by molar-refractivity contribution is -0.120. The Morgan fingerprint density at radius 1 is 1.02 bits per heavy atom. The van der Waals surface area contributed by atoms with Crippen LogP contribution in [0.2, 0.25) is 5.02 Å². The minimum absolute atomic E-state index is 0.0716. The van der Waals surface area contributed by atoms with E-state index in [9.17, 15) is 4.79 Å². The van der Waals surface area contributed by atoms with Crippen LogP contribution in [-0.4, -0.2) is 73.0 Å². The molecule has 1 N–H and O–H groups in total. The summed E-state index contributed by atoms with van der Waals surface area (Å²) in [6.07, 6.45) is 11.5. The van der Waals surface area contributed by atoms with Gasteiger partial charge in [-0.3, -0.25) is 9.69 Å². The summed E-state index contributed by atoms with van der Waals surface area (Å²) in [6.45, 7) is 10.7. The lowest BCUT2D eigenvalue weighted by Crippen LogP contribution is -2.51. The standard InChI is InChI=1S/C35H50ClN3O2/c1-27(2)41-32-14-6-9-28(23-32)24-34(40)33-26-35(15-8-17-37-33,29-10-7-11-30(36)25-29)16-18-38-19-21-39(22-20-38)31-12-4-3-5-13-31/h6-7,9-11,14,23,25,27,31,33,37H,3-5,8,12-13,15-22,24,26H2,1-2H3. The highest BCUT2D eigenvalue weighted by atomic mass is 35.5. The minimum Gasteiger partial charge on any atom is -0.491 e. The quantitative estimate of drug-likeness (QED) is 0.341. The predicted octanol–water partition coefficient (Wildman–Crippen LogP) is 6.66. The minimum atomic E-state index is -0.172. The average Bonchev–Trinajstić information content (AvgIpc) is 3.21. The molecule has 2 atom stereocenters. The largest absolute Gasteiger partial charge is 0.491 e. The molecule has 0 bridgehead atoms. The van der Waals surface area contributed by atoms with Crippen LogP contribution in [0.4, 0.5) is 0 Å². The molecule has 1 saturated carbocycles. The van der Waals surface area contributed by atoms with Crippen molar-refractivity contribution in [2.24, 2.45) is 0 Å². The van der Waals surface area contributed by atoms with Crippen molar-refractivity contribution in [3.8, 4) is 5.75 Å². The van der Waals surface area contributed by atoms with Crippen molar-refractivity contribution in [2.75, 3.05) is 39.3 Å². The third-order valence-electron chi connectivity index (χ3n) is 9.70. The van der Waals surface area contributed by atoms with Gasteiger partial charge in [0, 0.05) is 43.7 Å². The van der Waals surface area contributed by atoms with Crippen molar-refractivity contribution < 1.29 is 9.53 Å². The topological polar surface area (TPSA) is 44.8 Å². The summed E-state index contributed by atoms with van der Waals surface area (Å²) in [7, 11) is 0. The lowest BCUT2D eigenvalue weighted by atomic mass is 9.70. The van der Waals surface area contributed by atoms with Crippen LogP contribution in [0.25, 0.3) is 0 Å². The Hall–Kier alpha value is -1.92. The third-order valence-corrected chi connectivity index (χ3v) is 9.93. The van der Waals surface area contributed by atoms with E-state index in [1.54, 1.807) is 0 Å². The van der Waals surface area contributed by atoms with E-state index < -0.39 is 0 Å². The molecule has 6 heteroatoms. The number of ketones is 1. The second kappa shape index (κ2) is 14.5. The van der Waals surface area contributed by atoms with Gasteiger partial charge in [0.15, 0.2) is 5.78 Å². The molecule has 5 nitrogen and oxygen atoms in total. The summed E-state index contributed by atoms with van der Waals surface area (Å²) in [4.78, 5) is 19.2. The molecule has 2 aromatic carbocycles. The van der Waals surface area contributed by atoms with Gasteiger partial charge in [-0.2, -0.15) is 0 Å². The molecule has 0 amide bonds. The smallest absolute Gasteiger partial charge is 0.154 e. The monoisotopic (exact) mass is 579 g/mol. The molecule has 224 valence electrons. The molecule has 3 fully saturated rings. The molecule has 0 radical (unpaired) electrons. The number of piperazine rings is 1. The second-order valence-corrected chi connectivity index (χ2v) is 13.4. The summed E-state index contributed by atoms with van der Waals surface area (Å²) < 4.78 is 5.89. The number of carbonyl (C=O) groups excluding carboxylic acids is 1. The van der Waals surface area contributed by atoms with Crippen molar-refractivity contribution in [3.63, 3.8) is 0 Å². The van der Waals surface area contributed by atoms with Crippen LogP contribution in [0.3, 0.4) is 0 Å². The van der Waals surface area contributed by atoms with Crippen LogP contribution in [-0.2, 0) is 16.6 Å². The van der Waals surface area contributed by atoms with Gasteiger partial charge in [-0.15, -0.1) is 0 Å². The van der Waals surface area contributed by atoms with Gasteiger partial charge in [-0.1, -0.05) is 55.1 Å². The Labute approximate surface area is 253 Å². The van der Waals surface area contributed by atoms with E-state index in [-0.39, 0.29) is 23.3 Å². The van der Waals surface area contributed by atoms with E-state index in [4.69, 9.17) is 16.3 Å². The number of rotatable bonds is 10. The van der Waals surface area contributed by atoms with Gasteiger partial charge >= 0.3 is 0 Å². The second-order valence-electron chi connectivity index (χ2n) is 13.0. The Balaban J connectivity index is 1.27. The van der Waals surface area contributed by atoms with Crippen molar-refractivity contribution in [3.05, 3.63) is 64.7 Å². The van der Waals surface area contributed by atoms with Crippen LogP contribution in [0.15, 0.2) is 48.5 Å². The zero-order chi connectivity index (χ0) is 28.7. The number of Topliss-reactive ketones (excluding diaryl/α,β-unsaturated/α-hetero) is 1. The summed E-state index contributed by atoms with van der Waals surface area (Å²) in [6, 6.07) is 17.1. The Bertz CT molecular complexity index is 1130. The van der Waals surface area contributed by atoms with Crippen molar-refractivity contribution in [2.45, 2.75) is 102 Å². The Kier molecular flexibility index (Phi) is 10.8. The number of nitrogens with one attached hydrogen (secondary N) is 1. The molecule has 1 aliphatic carbocycles. The van der Waals surface area contributed by atoms with Gasteiger partial charge in [0.1, 0.15) is 5.75 Å². The van der Waals surface area contributed by atoms with Crippen LogP contribution < -0.4 is 10.1 Å². The van der Waals surface area contributed by atoms with Gasteiger partial charge < -0.3 is 15.0 Å². The SMILES string of the molecule is CC(C)Oc1cccc(CC(=O)C2CC(CCN3CCN(C4CCCCC4)CC3)(c3cccc(Cl)c3)CCCN2)c1. The maximum Gasteiger partial charge on any atom is 0.154 e. The number of benzene rings is 2. The van der Waals surface area contributed by atoms with Crippen LogP contribution in [0.1, 0.15) is 82.8 Å². The number of carbonyl (C=O) groups is 1. The van der Waals surface area contributed by atoms with Gasteiger partial charge in [0.25, 0.3) is 0 Å². The van der Waals surface area contributed by atoms with Gasteiger partial charge in [-0.25, -0.2) is 0 Å². The van der Waals surface area contributed by atoms with Crippen LogP contribution in [0, 0.1) is 0 Å². The molecular formula is C35H50ClN3O2. The molecule has 2 unspecified atom stereocenters. The molecule has 5 rings (SSSR count). The molecule has 2 saturated heterocycles. The molecule has 0 spiro atoms. The number of nitrogens with zero attached hydrogens (tertiary/aromatic N) is 2. The number of hydrogen-bond donors (Lipinski definition) is 1. The molecule has 41 heavy (non-hydrogen) atoms. The van der Waals surface area contributed by atoms with Crippen molar-refractivity contribution in [1.29, 1.82) is 0 Å². The maximum atomic E-state index is 13.8. The highest BCUT2D eigenvalue weighted by Crippen LogP contribution is 2.41. The third kappa shape index (κ3) is 8.34. The molecule has 0 aromatic heterocycles. The molecule has 2 aromatic rings. The molecule has 2 aliphatic heterocycles. The summed E-state index contributed by atoms with van der Waals surface area (Å²) in [5, 5.41) is 4.42. The molecule has 3 aliphatic rings. The normalized spacial score (nSPS) is 25.2. The first-order valence-electron chi connectivity index (χ1n) is 16.1. The highest BCUT2D eigenvalue weighted by Gasteiger charge is 2.39. The number of halogens is 1. The Morgan fingerprint density at radius 2 is 1.80 bits per heavy atom. The van der Waals surface area contributed by atoms with E-state index in [2.05, 4.69) is 33.3 Å². The van der Waals surface area contributed by atoms with E-state index in [1.807, 2.05) is 44.2 Å². The molecular weight excluding hydrogens is 530 g/mol. The first-order valence-corrected chi connectivity index (χ1v) is 16.5. The van der Waals surface area contributed by atoms with Gasteiger partial charge in [-0.05, 0) is 106 Å². The first-order chi connectivity index (χ1) is 19.9. The fourth-order valence-corrected chi connectivity index (χ4v) is 7.63. The van der Waals surface area contributed by atoms with Crippen LogP contribution in [0.5, 0.6) is 5.75 Å².